The van der Waals surface area contributed by atoms with Gasteiger partial charge >= 0.3 is 0 Å². The standard InChI is InChI=1S/C17H21NO2/c1-12-8-9-17(15(10-12)13(2)18)20-11-14-6-4-5-7-16(14)19-3/h4-10,13H,11,18H2,1-3H3. The fourth-order valence-corrected chi connectivity index (χ4v) is 2.13. The van der Waals surface area contributed by atoms with E-state index < -0.39 is 0 Å². The van der Waals surface area contributed by atoms with Crippen molar-refractivity contribution in [3.8, 4) is 11.5 Å². The Labute approximate surface area is 120 Å². The molecule has 106 valence electrons. The lowest BCUT2D eigenvalue weighted by atomic mass is 10.1. The minimum Gasteiger partial charge on any atom is -0.496 e. The van der Waals surface area contributed by atoms with Gasteiger partial charge in [-0.15, -0.1) is 0 Å². The van der Waals surface area contributed by atoms with Crippen LogP contribution in [0, 0.1) is 6.92 Å². The molecular formula is C17H21NO2. The average Bonchev–Trinajstić information content (AvgIpc) is 2.46. The number of hydrogen-bond donors (Lipinski definition) is 1. The topological polar surface area (TPSA) is 44.5 Å². The van der Waals surface area contributed by atoms with Gasteiger partial charge in [-0.05, 0) is 26.0 Å². The lowest BCUT2D eigenvalue weighted by Crippen LogP contribution is -2.08. The Morgan fingerprint density at radius 1 is 1.10 bits per heavy atom. The molecular weight excluding hydrogens is 250 g/mol. The number of methoxy groups -OCH3 is 1. The van der Waals surface area contributed by atoms with E-state index in [2.05, 4.69) is 13.0 Å². The summed E-state index contributed by atoms with van der Waals surface area (Å²) in [7, 11) is 1.66. The van der Waals surface area contributed by atoms with Gasteiger partial charge in [-0.3, -0.25) is 0 Å². The van der Waals surface area contributed by atoms with Crippen molar-refractivity contribution in [2.45, 2.75) is 26.5 Å². The summed E-state index contributed by atoms with van der Waals surface area (Å²) in [5.41, 5.74) is 9.23. The van der Waals surface area contributed by atoms with Gasteiger partial charge in [0, 0.05) is 17.2 Å². The van der Waals surface area contributed by atoms with Gasteiger partial charge in [0.15, 0.2) is 0 Å². The number of nitrogens with two attached hydrogens (primary N) is 1. The van der Waals surface area contributed by atoms with Crippen LogP contribution in [0.15, 0.2) is 42.5 Å². The highest BCUT2D eigenvalue weighted by molar-refractivity contribution is 5.39. The first-order chi connectivity index (χ1) is 9.61. The number of aryl methyl sites for hydroxylation is 1. The minimum atomic E-state index is -0.0532. The van der Waals surface area contributed by atoms with Crippen LogP contribution in [0.1, 0.15) is 29.7 Å². The van der Waals surface area contributed by atoms with Gasteiger partial charge < -0.3 is 15.2 Å². The first kappa shape index (κ1) is 14.4. The number of hydrogen-bond acceptors (Lipinski definition) is 3. The first-order valence-electron chi connectivity index (χ1n) is 6.72. The Balaban J connectivity index is 2.19. The molecule has 0 spiro atoms. The molecule has 3 heteroatoms. The third-order valence-electron chi connectivity index (χ3n) is 3.23. The zero-order valence-electron chi connectivity index (χ0n) is 12.2. The van der Waals surface area contributed by atoms with E-state index in [9.17, 15) is 0 Å². The molecule has 0 heterocycles. The summed E-state index contributed by atoms with van der Waals surface area (Å²) in [4.78, 5) is 0. The van der Waals surface area contributed by atoms with Crippen molar-refractivity contribution in [3.63, 3.8) is 0 Å². The normalized spacial score (nSPS) is 12.0. The molecule has 1 atom stereocenters. The lowest BCUT2D eigenvalue weighted by molar-refractivity contribution is 0.292. The zero-order chi connectivity index (χ0) is 14.5. The molecule has 1 unspecified atom stereocenters. The Kier molecular flexibility index (Phi) is 4.64. The maximum atomic E-state index is 6.00. The van der Waals surface area contributed by atoms with Crippen molar-refractivity contribution in [2.24, 2.45) is 5.73 Å². The van der Waals surface area contributed by atoms with Crippen molar-refractivity contribution < 1.29 is 9.47 Å². The van der Waals surface area contributed by atoms with E-state index >= 15 is 0 Å². The van der Waals surface area contributed by atoms with E-state index in [0.29, 0.717) is 6.61 Å². The molecule has 2 rings (SSSR count). The number of ether oxygens (including phenoxy) is 2. The van der Waals surface area contributed by atoms with Gasteiger partial charge in [-0.1, -0.05) is 35.9 Å². The van der Waals surface area contributed by atoms with E-state index in [1.54, 1.807) is 7.11 Å². The SMILES string of the molecule is COc1ccccc1COc1ccc(C)cc1C(C)N. The van der Waals surface area contributed by atoms with Crippen molar-refractivity contribution in [3.05, 3.63) is 59.2 Å². The van der Waals surface area contributed by atoms with Gasteiger partial charge in [0.05, 0.1) is 7.11 Å². The second kappa shape index (κ2) is 6.44. The zero-order valence-corrected chi connectivity index (χ0v) is 12.2. The van der Waals surface area contributed by atoms with E-state index in [1.165, 1.54) is 5.56 Å². The highest BCUT2D eigenvalue weighted by Crippen LogP contribution is 2.27. The minimum absolute atomic E-state index is 0.0532. The van der Waals surface area contributed by atoms with Crippen LogP contribution in [0.25, 0.3) is 0 Å². The molecule has 2 N–H and O–H groups in total. The summed E-state index contributed by atoms with van der Waals surface area (Å²) in [5.74, 6) is 1.67. The largest absolute Gasteiger partial charge is 0.496 e. The van der Waals surface area contributed by atoms with Crippen LogP contribution in [0.2, 0.25) is 0 Å². The van der Waals surface area contributed by atoms with Crippen LogP contribution >= 0.6 is 0 Å². The monoisotopic (exact) mass is 271 g/mol. The Bertz CT molecular complexity index is 579. The van der Waals surface area contributed by atoms with Crippen molar-refractivity contribution in [1.82, 2.24) is 0 Å². The maximum absolute atomic E-state index is 6.00. The molecule has 2 aromatic carbocycles. The molecule has 0 aromatic heterocycles. The summed E-state index contributed by atoms with van der Waals surface area (Å²) < 4.78 is 11.2. The summed E-state index contributed by atoms with van der Waals surface area (Å²) in [5, 5.41) is 0. The van der Waals surface area contributed by atoms with E-state index in [-0.39, 0.29) is 6.04 Å². The van der Waals surface area contributed by atoms with Crippen molar-refractivity contribution >= 4 is 0 Å². The van der Waals surface area contributed by atoms with Crippen LogP contribution in [0.5, 0.6) is 11.5 Å². The lowest BCUT2D eigenvalue weighted by Gasteiger charge is -2.16. The van der Waals surface area contributed by atoms with Crippen LogP contribution < -0.4 is 15.2 Å². The molecule has 0 aliphatic carbocycles. The van der Waals surface area contributed by atoms with E-state index in [0.717, 1.165) is 22.6 Å². The van der Waals surface area contributed by atoms with E-state index in [4.69, 9.17) is 15.2 Å². The fourth-order valence-electron chi connectivity index (χ4n) is 2.13. The highest BCUT2D eigenvalue weighted by atomic mass is 16.5. The maximum Gasteiger partial charge on any atom is 0.125 e. The summed E-state index contributed by atoms with van der Waals surface area (Å²) in [6, 6.07) is 13.9. The van der Waals surface area contributed by atoms with Crippen LogP contribution in [-0.2, 0) is 6.61 Å². The Hall–Kier alpha value is -2.00. The predicted octanol–water partition coefficient (Wildman–Crippen LogP) is 3.60. The van der Waals surface area contributed by atoms with Crippen LogP contribution in [0.3, 0.4) is 0 Å². The Morgan fingerprint density at radius 2 is 1.85 bits per heavy atom. The molecule has 20 heavy (non-hydrogen) atoms. The fraction of sp³-hybridized carbons (Fsp3) is 0.294. The molecule has 0 aliphatic heterocycles. The van der Waals surface area contributed by atoms with Crippen molar-refractivity contribution in [2.75, 3.05) is 7.11 Å². The van der Waals surface area contributed by atoms with Gasteiger partial charge in [0.2, 0.25) is 0 Å². The highest BCUT2D eigenvalue weighted by Gasteiger charge is 2.10. The molecule has 2 aromatic rings. The number of rotatable bonds is 5. The average molecular weight is 271 g/mol. The third kappa shape index (κ3) is 3.31. The Morgan fingerprint density at radius 3 is 2.55 bits per heavy atom. The van der Waals surface area contributed by atoms with Crippen molar-refractivity contribution in [1.29, 1.82) is 0 Å². The van der Waals surface area contributed by atoms with Gasteiger partial charge in [-0.25, -0.2) is 0 Å². The number of para-hydroxylation sites is 1. The second-order valence-electron chi connectivity index (χ2n) is 4.93. The smallest absolute Gasteiger partial charge is 0.125 e. The third-order valence-corrected chi connectivity index (χ3v) is 3.23. The molecule has 0 aliphatic rings. The quantitative estimate of drug-likeness (QED) is 0.903. The molecule has 0 fully saturated rings. The van der Waals surface area contributed by atoms with Crippen LogP contribution in [0.4, 0.5) is 0 Å². The molecule has 0 amide bonds. The second-order valence-corrected chi connectivity index (χ2v) is 4.93. The molecule has 0 bridgehead atoms. The van der Waals surface area contributed by atoms with Gasteiger partial charge in [-0.2, -0.15) is 0 Å². The van der Waals surface area contributed by atoms with E-state index in [1.807, 2.05) is 43.3 Å². The predicted molar refractivity (Wildman–Crippen MR) is 81.1 cm³/mol. The number of benzene rings is 2. The van der Waals surface area contributed by atoms with Crippen LogP contribution in [-0.4, -0.2) is 7.11 Å². The summed E-state index contributed by atoms with van der Waals surface area (Å²) in [6.07, 6.45) is 0. The molecule has 0 saturated heterocycles. The molecule has 0 radical (unpaired) electrons. The molecule has 3 nitrogen and oxygen atoms in total. The molecule has 0 saturated carbocycles. The van der Waals surface area contributed by atoms with Gasteiger partial charge in [0.1, 0.15) is 18.1 Å². The van der Waals surface area contributed by atoms with Gasteiger partial charge in [0.25, 0.3) is 0 Å². The summed E-state index contributed by atoms with van der Waals surface area (Å²) in [6.45, 7) is 4.48. The summed E-state index contributed by atoms with van der Waals surface area (Å²) >= 11 is 0. The first-order valence-corrected chi connectivity index (χ1v) is 6.72.